The van der Waals surface area contributed by atoms with E-state index in [1.165, 1.54) is 11.1 Å². The highest BCUT2D eigenvalue weighted by atomic mass is 79.9. The second kappa shape index (κ2) is 4.68. The molecule has 0 unspecified atom stereocenters. The maximum absolute atomic E-state index is 5.54. The first kappa shape index (κ1) is 9.82. The molecule has 0 aromatic heterocycles. The van der Waals surface area contributed by atoms with E-state index >= 15 is 0 Å². The van der Waals surface area contributed by atoms with Gasteiger partial charge in [0.25, 0.3) is 0 Å². The molecule has 0 heterocycles. The largest absolute Gasteiger partial charge is 0.122 e. The van der Waals surface area contributed by atoms with Gasteiger partial charge in [0.1, 0.15) is 0 Å². The van der Waals surface area contributed by atoms with Crippen LogP contribution in [0.5, 0.6) is 0 Å². The van der Waals surface area contributed by atoms with Crippen molar-refractivity contribution in [1.29, 1.82) is 0 Å². The summed E-state index contributed by atoms with van der Waals surface area (Å²) in [6.07, 6.45) is 3.95. The van der Waals surface area contributed by atoms with Crippen molar-refractivity contribution in [3.8, 4) is 0 Å². The number of aryl methyl sites for hydroxylation is 1. The van der Waals surface area contributed by atoms with Gasteiger partial charge in [0, 0.05) is 10.4 Å². The molecule has 0 saturated carbocycles. The normalized spacial score (nSPS) is 10.9. The second-order valence-corrected chi connectivity index (χ2v) is 3.74. The smallest absolute Gasteiger partial charge is 0.0407 e. The van der Waals surface area contributed by atoms with E-state index in [0.717, 1.165) is 4.47 Å². The fourth-order valence-electron chi connectivity index (χ4n) is 0.962. The lowest BCUT2D eigenvalue weighted by atomic mass is 10.1. The summed E-state index contributed by atoms with van der Waals surface area (Å²) in [5.41, 5.74) is 2.43. The minimum absolute atomic E-state index is 0.556. The molecular weight excluding hydrogens is 235 g/mol. The third kappa shape index (κ3) is 2.65. The van der Waals surface area contributed by atoms with Gasteiger partial charge in [0.05, 0.1) is 0 Å². The SMILES string of the molecule is Cc1ccc(Br)c(C=CCCl)c1. The summed E-state index contributed by atoms with van der Waals surface area (Å²) in [5, 5.41) is 0. The Bertz CT molecular complexity index is 292. The summed E-state index contributed by atoms with van der Waals surface area (Å²) in [6, 6.07) is 6.23. The van der Waals surface area contributed by atoms with Crippen molar-refractivity contribution < 1.29 is 0 Å². The van der Waals surface area contributed by atoms with Crippen molar-refractivity contribution >= 4 is 33.6 Å². The molecule has 1 aromatic carbocycles. The molecule has 0 aliphatic heterocycles. The van der Waals surface area contributed by atoms with Crippen LogP contribution in [0, 0.1) is 6.92 Å². The highest BCUT2D eigenvalue weighted by molar-refractivity contribution is 9.10. The molecule has 0 fully saturated rings. The van der Waals surface area contributed by atoms with Crippen LogP contribution in [0.4, 0.5) is 0 Å². The summed E-state index contributed by atoms with van der Waals surface area (Å²) in [6.45, 7) is 2.07. The molecule has 1 rings (SSSR count). The van der Waals surface area contributed by atoms with Crippen molar-refractivity contribution in [1.82, 2.24) is 0 Å². The minimum Gasteiger partial charge on any atom is -0.122 e. The van der Waals surface area contributed by atoms with Gasteiger partial charge in [0.2, 0.25) is 0 Å². The number of hydrogen-bond donors (Lipinski definition) is 0. The fourth-order valence-corrected chi connectivity index (χ4v) is 1.43. The predicted octanol–water partition coefficient (Wildman–Crippen LogP) is 4.01. The quantitative estimate of drug-likeness (QED) is 0.691. The van der Waals surface area contributed by atoms with Crippen LogP contribution >= 0.6 is 27.5 Å². The Labute approximate surface area is 86.4 Å². The summed E-state index contributed by atoms with van der Waals surface area (Å²) in [5.74, 6) is 0.556. The lowest BCUT2D eigenvalue weighted by Crippen LogP contribution is -1.78. The van der Waals surface area contributed by atoms with Crippen LogP contribution in [0.3, 0.4) is 0 Å². The molecule has 0 nitrogen and oxygen atoms in total. The van der Waals surface area contributed by atoms with Crippen molar-refractivity contribution in [3.63, 3.8) is 0 Å². The van der Waals surface area contributed by atoms with Crippen molar-refractivity contribution in [2.45, 2.75) is 6.92 Å². The van der Waals surface area contributed by atoms with E-state index in [1.807, 2.05) is 18.2 Å². The zero-order chi connectivity index (χ0) is 8.97. The van der Waals surface area contributed by atoms with E-state index in [-0.39, 0.29) is 0 Å². The lowest BCUT2D eigenvalue weighted by Gasteiger charge is -1.99. The molecule has 2 heteroatoms. The first-order valence-corrected chi connectivity index (χ1v) is 5.05. The zero-order valence-electron chi connectivity index (χ0n) is 6.85. The first-order valence-electron chi connectivity index (χ1n) is 3.72. The molecule has 0 amide bonds. The summed E-state index contributed by atoms with van der Waals surface area (Å²) >= 11 is 9.01. The van der Waals surface area contributed by atoms with E-state index in [0.29, 0.717) is 5.88 Å². The Hall–Kier alpha value is -0.270. The number of rotatable bonds is 2. The van der Waals surface area contributed by atoms with Crippen LogP contribution < -0.4 is 0 Å². The van der Waals surface area contributed by atoms with Gasteiger partial charge in [-0.1, -0.05) is 45.8 Å². The number of benzene rings is 1. The molecule has 0 atom stereocenters. The molecule has 0 N–H and O–H groups in total. The highest BCUT2D eigenvalue weighted by Gasteiger charge is 1.94. The molecule has 0 bridgehead atoms. The van der Waals surface area contributed by atoms with Crippen LogP contribution in [-0.2, 0) is 0 Å². The van der Waals surface area contributed by atoms with Gasteiger partial charge in [-0.3, -0.25) is 0 Å². The van der Waals surface area contributed by atoms with Gasteiger partial charge in [-0.15, -0.1) is 11.6 Å². The molecule has 0 radical (unpaired) electrons. The van der Waals surface area contributed by atoms with E-state index in [1.54, 1.807) is 0 Å². The summed E-state index contributed by atoms with van der Waals surface area (Å²) in [7, 11) is 0. The minimum atomic E-state index is 0.556. The molecule has 0 saturated heterocycles. The Kier molecular flexibility index (Phi) is 3.83. The van der Waals surface area contributed by atoms with Gasteiger partial charge < -0.3 is 0 Å². The van der Waals surface area contributed by atoms with Gasteiger partial charge >= 0.3 is 0 Å². The van der Waals surface area contributed by atoms with Crippen molar-refractivity contribution in [3.05, 3.63) is 39.9 Å². The maximum Gasteiger partial charge on any atom is 0.0407 e. The van der Waals surface area contributed by atoms with E-state index in [2.05, 4.69) is 35.0 Å². The van der Waals surface area contributed by atoms with E-state index in [9.17, 15) is 0 Å². The Morgan fingerprint density at radius 2 is 2.25 bits per heavy atom. The standard InChI is InChI=1S/C10H10BrCl/c1-8-4-5-10(11)9(7-8)3-2-6-12/h2-5,7H,6H2,1H3. The van der Waals surface area contributed by atoms with Gasteiger partial charge in [0.15, 0.2) is 0 Å². The average molecular weight is 246 g/mol. The summed E-state index contributed by atoms with van der Waals surface area (Å²) in [4.78, 5) is 0. The molecule has 1 aromatic rings. The van der Waals surface area contributed by atoms with Crippen LogP contribution in [0.1, 0.15) is 11.1 Å². The molecular formula is C10H10BrCl. The Balaban J connectivity index is 2.97. The predicted molar refractivity (Wildman–Crippen MR) is 58.6 cm³/mol. The second-order valence-electron chi connectivity index (χ2n) is 2.58. The third-order valence-electron chi connectivity index (χ3n) is 1.54. The van der Waals surface area contributed by atoms with E-state index in [4.69, 9.17) is 11.6 Å². The molecule has 64 valence electrons. The lowest BCUT2D eigenvalue weighted by molar-refractivity contribution is 1.44. The Morgan fingerprint density at radius 1 is 1.50 bits per heavy atom. The van der Waals surface area contributed by atoms with Crippen LogP contribution in [0.2, 0.25) is 0 Å². The van der Waals surface area contributed by atoms with Gasteiger partial charge in [-0.2, -0.15) is 0 Å². The third-order valence-corrected chi connectivity index (χ3v) is 2.44. The number of allylic oxidation sites excluding steroid dienone is 1. The summed E-state index contributed by atoms with van der Waals surface area (Å²) < 4.78 is 1.11. The van der Waals surface area contributed by atoms with E-state index < -0.39 is 0 Å². The molecule has 0 spiro atoms. The number of alkyl halides is 1. The fraction of sp³-hybridized carbons (Fsp3) is 0.200. The first-order chi connectivity index (χ1) is 5.74. The van der Waals surface area contributed by atoms with Gasteiger partial charge in [-0.05, 0) is 18.6 Å². The number of hydrogen-bond acceptors (Lipinski definition) is 0. The molecule has 12 heavy (non-hydrogen) atoms. The Morgan fingerprint density at radius 3 is 2.92 bits per heavy atom. The monoisotopic (exact) mass is 244 g/mol. The van der Waals surface area contributed by atoms with Crippen LogP contribution in [0.25, 0.3) is 6.08 Å². The highest BCUT2D eigenvalue weighted by Crippen LogP contribution is 2.19. The number of halogens is 2. The van der Waals surface area contributed by atoms with Crippen molar-refractivity contribution in [2.75, 3.05) is 5.88 Å². The van der Waals surface area contributed by atoms with Gasteiger partial charge in [-0.25, -0.2) is 0 Å². The zero-order valence-corrected chi connectivity index (χ0v) is 9.19. The molecule has 0 aliphatic carbocycles. The van der Waals surface area contributed by atoms with Crippen LogP contribution in [0.15, 0.2) is 28.7 Å². The topological polar surface area (TPSA) is 0 Å². The maximum atomic E-state index is 5.54. The van der Waals surface area contributed by atoms with Crippen LogP contribution in [-0.4, -0.2) is 5.88 Å². The van der Waals surface area contributed by atoms with Crippen molar-refractivity contribution in [2.24, 2.45) is 0 Å². The molecule has 0 aliphatic rings. The average Bonchev–Trinajstić information content (AvgIpc) is 2.07.